The van der Waals surface area contributed by atoms with Gasteiger partial charge in [0.15, 0.2) is 0 Å². The molecule has 1 atom stereocenters. The number of benzene rings is 1. The number of aromatic nitrogens is 4. The van der Waals surface area contributed by atoms with Crippen LogP contribution in [0, 0.1) is 17.7 Å². The minimum absolute atomic E-state index is 0.0480. The predicted molar refractivity (Wildman–Crippen MR) is 147 cm³/mol. The Morgan fingerprint density at radius 3 is 2.64 bits per heavy atom. The number of hydrogen-bond donors (Lipinski definition) is 3. The number of hydrogen-bond acceptors (Lipinski definition) is 6. The smallest absolute Gasteiger partial charge is 0.382 e. The van der Waals surface area contributed by atoms with Crippen LogP contribution in [-0.4, -0.2) is 37.2 Å². The highest BCUT2D eigenvalue weighted by Crippen LogP contribution is 2.35. The molecule has 0 fully saturated rings. The minimum Gasteiger partial charge on any atom is -0.382 e. The number of rotatable bonds is 5. The molecule has 0 saturated heterocycles. The summed E-state index contributed by atoms with van der Waals surface area (Å²) in [7, 11) is 0. The number of allylic oxidation sites excluding steroid dienone is 1. The number of alkyl halides is 3. The summed E-state index contributed by atoms with van der Waals surface area (Å²) in [5.74, 6) is 3.36. The molecular weight excluding hydrogens is 554 g/mol. The average Bonchev–Trinajstić information content (AvgIpc) is 3.34. The highest BCUT2D eigenvalue weighted by molar-refractivity contribution is 6.04. The van der Waals surface area contributed by atoms with Crippen LogP contribution >= 0.6 is 0 Å². The number of nitrogen functional groups attached to an aromatic ring is 1. The van der Waals surface area contributed by atoms with E-state index in [9.17, 15) is 22.8 Å². The number of anilines is 2. The normalized spacial score (nSPS) is 15.0. The Balaban J connectivity index is 1.43. The molecule has 5 rings (SSSR count). The lowest BCUT2D eigenvalue weighted by Crippen LogP contribution is -2.34. The molecule has 0 saturated carbocycles. The van der Waals surface area contributed by atoms with Crippen LogP contribution in [0.2, 0.25) is 0 Å². The molecule has 1 unspecified atom stereocenters. The summed E-state index contributed by atoms with van der Waals surface area (Å²) < 4.78 is 56.2. The summed E-state index contributed by atoms with van der Waals surface area (Å²) in [6.45, 7) is 1.59. The Labute approximate surface area is 236 Å². The molecule has 1 aliphatic carbocycles. The number of fused-ring (bicyclic) bond motifs is 1. The Morgan fingerprint density at radius 1 is 1.14 bits per heavy atom. The third-order valence-electron chi connectivity index (χ3n) is 6.67. The van der Waals surface area contributed by atoms with Crippen LogP contribution < -0.4 is 16.4 Å². The van der Waals surface area contributed by atoms with Gasteiger partial charge in [-0.25, -0.2) is 19.3 Å². The number of nitrogens with zero attached hydrogens (tertiary/aromatic N) is 4. The second-order valence-electron chi connectivity index (χ2n) is 9.44. The molecule has 1 aliphatic rings. The summed E-state index contributed by atoms with van der Waals surface area (Å²) in [4.78, 5) is 37.1. The molecule has 3 heterocycles. The van der Waals surface area contributed by atoms with Crippen LogP contribution in [0.5, 0.6) is 0 Å². The van der Waals surface area contributed by atoms with Crippen molar-refractivity contribution >= 4 is 34.5 Å². The summed E-state index contributed by atoms with van der Waals surface area (Å²) >= 11 is 0. The first-order chi connectivity index (χ1) is 20.0. The van der Waals surface area contributed by atoms with E-state index in [1.54, 1.807) is 17.5 Å². The number of imidazole rings is 1. The number of pyridine rings is 1. The Kier molecular flexibility index (Phi) is 7.62. The molecule has 0 bridgehead atoms. The summed E-state index contributed by atoms with van der Waals surface area (Å²) in [6, 6.07) is 5.01. The van der Waals surface area contributed by atoms with Gasteiger partial charge in [-0.1, -0.05) is 12.0 Å². The van der Waals surface area contributed by atoms with Gasteiger partial charge in [0, 0.05) is 35.8 Å². The van der Waals surface area contributed by atoms with Crippen LogP contribution in [0.25, 0.3) is 22.3 Å². The van der Waals surface area contributed by atoms with Crippen LogP contribution in [0.4, 0.5) is 29.2 Å². The average molecular weight is 578 g/mol. The van der Waals surface area contributed by atoms with Gasteiger partial charge in [-0.05, 0) is 68.0 Å². The van der Waals surface area contributed by atoms with Gasteiger partial charge in [0.25, 0.3) is 11.8 Å². The van der Waals surface area contributed by atoms with E-state index in [4.69, 9.17) is 10.7 Å². The number of nitrogens with one attached hydrogen (secondary N) is 2. The van der Waals surface area contributed by atoms with Crippen LogP contribution in [0.3, 0.4) is 0 Å². The molecule has 2 amide bonds. The monoisotopic (exact) mass is 577 g/mol. The van der Waals surface area contributed by atoms with E-state index in [0.29, 0.717) is 36.7 Å². The van der Waals surface area contributed by atoms with Crippen molar-refractivity contribution in [2.75, 3.05) is 11.1 Å². The number of carbonyl (C=O) groups excluding carboxylic acids is 2. The number of carbonyl (C=O) groups is 2. The first-order valence-corrected chi connectivity index (χ1v) is 12.7. The third kappa shape index (κ3) is 5.78. The molecule has 0 aliphatic heterocycles. The van der Waals surface area contributed by atoms with Gasteiger partial charge in [-0.2, -0.15) is 13.2 Å². The zero-order chi connectivity index (χ0) is 30.0. The maximum absolute atomic E-state index is 15.5. The Hall–Kier alpha value is -5.25. The maximum atomic E-state index is 15.5. The van der Waals surface area contributed by atoms with Crippen LogP contribution in [0.15, 0.2) is 55.0 Å². The second-order valence-corrected chi connectivity index (χ2v) is 9.44. The van der Waals surface area contributed by atoms with Crippen molar-refractivity contribution in [1.82, 2.24) is 24.7 Å². The number of halogens is 4. The van der Waals surface area contributed by atoms with E-state index in [2.05, 4.69) is 32.4 Å². The number of amides is 2. The van der Waals surface area contributed by atoms with E-state index in [1.807, 2.05) is 6.08 Å². The lowest BCUT2D eigenvalue weighted by molar-refractivity contribution is -0.137. The summed E-state index contributed by atoms with van der Waals surface area (Å²) in [6.07, 6.45) is 3.19. The molecule has 3 aromatic heterocycles. The fourth-order valence-electron chi connectivity index (χ4n) is 4.69. The zero-order valence-corrected chi connectivity index (χ0v) is 22.1. The van der Waals surface area contributed by atoms with Gasteiger partial charge >= 0.3 is 6.18 Å². The summed E-state index contributed by atoms with van der Waals surface area (Å²) in [5.41, 5.74) is 6.54. The quantitative estimate of drug-likeness (QED) is 0.230. The predicted octanol–water partition coefficient (Wildman–Crippen LogP) is 4.86. The lowest BCUT2D eigenvalue weighted by atomic mass is 9.94. The molecule has 13 heteroatoms. The first-order valence-electron chi connectivity index (χ1n) is 12.7. The molecule has 214 valence electrons. The van der Waals surface area contributed by atoms with Crippen LogP contribution in [0.1, 0.15) is 47.9 Å². The molecule has 1 aromatic carbocycles. The zero-order valence-electron chi connectivity index (χ0n) is 22.1. The van der Waals surface area contributed by atoms with Gasteiger partial charge in [0.05, 0.1) is 5.56 Å². The highest BCUT2D eigenvalue weighted by atomic mass is 19.4. The topological polar surface area (TPSA) is 127 Å². The van der Waals surface area contributed by atoms with Crippen molar-refractivity contribution < 1.29 is 27.2 Å². The van der Waals surface area contributed by atoms with Crippen molar-refractivity contribution in [3.8, 4) is 23.1 Å². The van der Waals surface area contributed by atoms with Crippen LogP contribution in [-0.2, 0) is 11.0 Å². The van der Waals surface area contributed by atoms with Crippen molar-refractivity contribution in [2.45, 2.75) is 38.4 Å². The lowest BCUT2D eigenvalue weighted by Gasteiger charge is -2.21. The largest absolute Gasteiger partial charge is 0.416 e. The summed E-state index contributed by atoms with van der Waals surface area (Å²) in [5, 5.41) is 5.12. The van der Waals surface area contributed by atoms with Gasteiger partial charge in [-0.3, -0.25) is 14.0 Å². The fourth-order valence-corrected chi connectivity index (χ4v) is 4.69. The Morgan fingerprint density at radius 2 is 1.95 bits per heavy atom. The van der Waals surface area contributed by atoms with Gasteiger partial charge < -0.3 is 16.4 Å². The standard InChI is InChI=1S/C29H23F4N7O2/c1-2-3-23(41)37-19-7-4-16(5-8-19)27-39-24(25-26(34)36-12-13-40(25)27)20-9-6-17(14-21(20)30)28(42)38-22-15-18(10-11-35-22)29(31,32)33/h4,6,9-15,19H,5,7-8H2,1H3,(H2,34,36)(H,37,41)(H,35,38,42). The van der Waals surface area contributed by atoms with Crippen molar-refractivity contribution in [1.29, 1.82) is 0 Å². The van der Waals surface area contributed by atoms with Crippen molar-refractivity contribution in [3.63, 3.8) is 0 Å². The number of nitrogens with two attached hydrogens (primary N) is 1. The van der Waals surface area contributed by atoms with E-state index >= 15 is 4.39 Å². The SMILES string of the molecule is CC#CC(=O)NC1CC=C(c2nc(-c3ccc(C(=O)Nc4cc(C(F)(F)F)ccn4)cc3F)c3c(N)nccn23)CC1. The Bertz CT molecular complexity index is 1800. The fraction of sp³-hybridized carbons (Fsp3) is 0.207. The van der Waals surface area contributed by atoms with Gasteiger partial charge in [0.1, 0.15) is 34.5 Å². The first kappa shape index (κ1) is 28.3. The van der Waals surface area contributed by atoms with Gasteiger partial charge in [0.2, 0.25) is 0 Å². The highest BCUT2D eigenvalue weighted by Gasteiger charge is 2.31. The molecule has 9 nitrogen and oxygen atoms in total. The molecule has 0 radical (unpaired) electrons. The molecule has 4 N–H and O–H groups in total. The maximum Gasteiger partial charge on any atom is 0.416 e. The third-order valence-corrected chi connectivity index (χ3v) is 6.67. The van der Waals surface area contributed by atoms with E-state index in [-0.39, 0.29) is 40.4 Å². The van der Waals surface area contributed by atoms with E-state index in [1.165, 1.54) is 18.3 Å². The van der Waals surface area contributed by atoms with E-state index < -0.39 is 23.5 Å². The molecule has 4 aromatic rings. The van der Waals surface area contributed by atoms with E-state index in [0.717, 1.165) is 23.9 Å². The second kappa shape index (κ2) is 11.3. The van der Waals surface area contributed by atoms with Crippen molar-refractivity contribution in [3.05, 3.63) is 77.8 Å². The van der Waals surface area contributed by atoms with Crippen molar-refractivity contribution in [2.24, 2.45) is 0 Å². The molecular formula is C29H23F4N7O2. The molecule has 42 heavy (non-hydrogen) atoms. The minimum atomic E-state index is -4.62. The van der Waals surface area contributed by atoms with Gasteiger partial charge in [-0.15, -0.1) is 0 Å². The molecule has 0 spiro atoms.